The van der Waals surface area contributed by atoms with Crippen LogP contribution in [0.15, 0.2) is 29.2 Å². The van der Waals surface area contributed by atoms with Gasteiger partial charge in [-0.05, 0) is 18.2 Å². The fourth-order valence-electron chi connectivity index (χ4n) is 0.563. The summed E-state index contributed by atoms with van der Waals surface area (Å²) in [7, 11) is 1.67. The average Bonchev–Trinajstić information content (AvgIpc) is 1.88. The van der Waals surface area contributed by atoms with Crippen molar-refractivity contribution in [2.24, 2.45) is 0 Å². The molecule has 2 N–H and O–H groups in total. The maximum Gasteiger partial charge on any atom is 0.0325 e. The van der Waals surface area contributed by atoms with Gasteiger partial charge in [0.2, 0.25) is 0 Å². The van der Waals surface area contributed by atoms with E-state index in [1.165, 1.54) is 4.90 Å². The van der Waals surface area contributed by atoms with Crippen LogP contribution in [0, 0.1) is 0 Å². The van der Waals surface area contributed by atoms with Crippen LogP contribution < -0.4 is 5.73 Å². The summed E-state index contributed by atoms with van der Waals surface area (Å²) in [6.07, 6.45) is 0. The summed E-state index contributed by atoms with van der Waals surface area (Å²) in [4.78, 5) is 1.20. The van der Waals surface area contributed by atoms with Gasteiger partial charge in [-0.2, -0.15) is 0 Å². The second-order valence-corrected chi connectivity index (χ2v) is 3.60. The zero-order valence-corrected chi connectivity index (χ0v) is 7.65. The normalized spacial score (nSPS) is 9.44. The van der Waals surface area contributed by atoms with Crippen molar-refractivity contribution in [3.8, 4) is 0 Å². The first-order chi connectivity index (χ1) is 4.33. The molecule has 0 fully saturated rings. The fourth-order valence-corrected chi connectivity index (χ4v) is 1.69. The number of rotatable bonds is 1. The second-order valence-electron chi connectivity index (χ2n) is 1.65. The minimum Gasteiger partial charge on any atom is -0.399 e. The van der Waals surface area contributed by atoms with Crippen molar-refractivity contribution in [1.29, 1.82) is 0 Å². The maximum absolute atomic E-state index is 5.52. The topological polar surface area (TPSA) is 26.0 Å². The molecule has 0 spiro atoms. The lowest BCUT2D eigenvalue weighted by Gasteiger charge is -1.93. The number of hydrogen-bond acceptors (Lipinski definition) is 2. The smallest absolute Gasteiger partial charge is 0.0325 e. The van der Waals surface area contributed by atoms with Crippen LogP contribution in [-0.4, -0.2) is 0 Å². The predicted octanol–water partition coefficient (Wildman–Crippen LogP) is 2.71. The van der Waals surface area contributed by atoms with Gasteiger partial charge in [-0.15, -0.1) is 0 Å². The number of anilines is 1. The quantitative estimate of drug-likeness (QED) is 0.613. The van der Waals surface area contributed by atoms with Crippen molar-refractivity contribution in [2.45, 2.75) is 4.90 Å². The van der Waals surface area contributed by atoms with Gasteiger partial charge in [0, 0.05) is 31.8 Å². The molecule has 1 aromatic rings. The molecule has 48 valence electrons. The van der Waals surface area contributed by atoms with E-state index in [1.54, 1.807) is 8.93 Å². The SMILES string of the molecule is Nc1cccc(SI)c1. The van der Waals surface area contributed by atoms with E-state index in [1.807, 2.05) is 24.3 Å². The molecular weight excluding hydrogens is 245 g/mol. The van der Waals surface area contributed by atoms with Crippen LogP contribution in [0.2, 0.25) is 0 Å². The van der Waals surface area contributed by atoms with Crippen LogP contribution in [0.5, 0.6) is 0 Å². The third-order valence-electron chi connectivity index (χ3n) is 0.947. The minimum absolute atomic E-state index is 0.830. The molecule has 9 heavy (non-hydrogen) atoms. The van der Waals surface area contributed by atoms with Crippen LogP contribution in [0.1, 0.15) is 0 Å². The number of benzene rings is 1. The molecule has 0 radical (unpaired) electrons. The van der Waals surface area contributed by atoms with Crippen molar-refractivity contribution < 1.29 is 0 Å². The predicted molar refractivity (Wildman–Crippen MR) is 50.7 cm³/mol. The average molecular weight is 251 g/mol. The molecule has 0 saturated heterocycles. The molecule has 1 rings (SSSR count). The largest absolute Gasteiger partial charge is 0.399 e. The van der Waals surface area contributed by atoms with E-state index in [9.17, 15) is 0 Å². The van der Waals surface area contributed by atoms with Crippen molar-refractivity contribution in [2.75, 3.05) is 5.73 Å². The van der Waals surface area contributed by atoms with Crippen LogP contribution in [-0.2, 0) is 0 Å². The summed E-state index contributed by atoms with van der Waals surface area (Å²) in [6, 6.07) is 7.83. The molecule has 0 aliphatic heterocycles. The minimum atomic E-state index is 0.830. The van der Waals surface area contributed by atoms with Gasteiger partial charge < -0.3 is 5.73 Å². The molecule has 0 bridgehead atoms. The molecule has 0 aliphatic rings. The Bertz CT molecular complexity index is 202. The first-order valence-electron chi connectivity index (χ1n) is 2.47. The lowest BCUT2D eigenvalue weighted by Crippen LogP contribution is -1.81. The Kier molecular flexibility index (Phi) is 2.65. The summed E-state index contributed by atoms with van der Waals surface area (Å²) < 4.78 is 0. The van der Waals surface area contributed by atoms with E-state index in [0.29, 0.717) is 0 Å². The summed E-state index contributed by atoms with van der Waals surface area (Å²) in [5, 5.41) is 0. The summed E-state index contributed by atoms with van der Waals surface area (Å²) in [5.41, 5.74) is 6.35. The van der Waals surface area contributed by atoms with E-state index < -0.39 is 0 Å². The number of nitrogens with two attached hydrogens (primary N) is 1. The Hall–Kier alpha value is 0.1000. The van der Waals surface area contributed by atoms with Crippen molar-refractivity contribution in [1.82, 2.24) is 0 Å². The van der Waals surface area contributed by atoms with Gasteiger partial charge in [0.15, 0.2) is 0 Å². The maximum atomic E-state index is 5.52. The Labute approximate surface area is 70.6 Å². The molecule has 1 nitrogen and oxygen atoms in total. The molecule has 0 saturated carbocycles. The monoisotopic (exact) mass is 251 g/mol. The van der Waals surface area contributed by atoms with E-state index >= 15 is 0 Å². The van der Waals surface area contributed by atoms with E-state index in [2.05, 4.69) is 21.2 Å². The zero-order chi connectivity index (χ0) is 6.69. The molecule has 1 aromatic carbocycles. The van der Waals surface area contributed by atoms with Crippen molar-refractivity contribution in [3.05, 3.63) is 24.3 Å². The molecule has 0 atom stereocenters. The van der Waals surface area contributed by atoms with Gasteiger partial charge in [-0.25, -0.2) is 0 Å². The Balaban J connectivity index is 2.94. The third-order valence-corrected chi connectivity index (χ3v) is 2.90. The van der Waals surface area contributed by atoms with Gasteiger partial charge >= 0.3 is 0 Å². The highest BCUT2D eigenvalue weighted by Crippen LogP contribution is 2.25. The first kappa shape index (κ1) is 7.21. The Morgan fingerprint density at radius 1 is 1.44 bits per heavy atom. The summed E-state index contributed by atoms with van der Waals surface area (Å²) in [6.45, 7) is 0. The van der Waals surface area contributed by atoms with Crippen LogP contribution in [0.3, 0.4) is 0 Å². The van der Waals surface area contributed by atoms with Crippen LogP contribution in [0.4, 0.5) is 5.69 Å². The summed E-state index contributed by atoms with van der Waals surface area (Å²) in [5.74, 6) is 0. The van der Waals surface area contributed by atoms with Gasteiger partial charge in [-0.1, -0.05) is 15.0 Å². The second kappa shape index (κ2) is 3.31. The molecule has 0 unspecified atom stereocenters. The molecule has 0 amide bonds. The number of hydrogen-bond donors (Lipinski definition) is 1. The van der Waals surface area contributed by atoms with Crippen molar-refractivity contribution >= 4 is 35.8 Å². The van der Waals surface area contributed by atoms with Gasteiger partial charge in [0.05, 0.1) is 0 Å². The Morgan fingerprint density at radius 3 is 2.67 bits per heavy atom. The highest BCUT2D eigenvalue weighted by atomic mass is 127. The van der Waals surface area contributed by atoms with Crippen LogP contribution in [0.25, 0.3) is 0 Å². The zero-order valence-electron chi connectivity index (χ0n) is 4.67. The highest BCUT2D eigenvalue weighted by Gasteiger charge is 1.88. The van der Waals surface area contributed by atoms with Gasteiger partial charge in [0.25, 0.3) is 0 Å². The third kappa shape index (κ3) is 2.06. The lowest BCUT2D eigenvalue weighted by molar-refractivity contribution is 1.48. The van der Waals surface area contributed by atoms with Crippen molar-refractivity contribution in [3.63, 3.8) is 0 Å². The number of nitrogen functional groups attached to an aromatic ring is 1. The molecule has 0 aromatic heterocycles. The summed E-state index contributed by atoms with van der Waals surface area (Å²) >= 11 is 2.23. The van der Waals surface area contributed by atoms with E-state index in [4.69, 9.17) is 5.73 Å². The highest BCUT2D eigenvalue weighted by molar-refractivity contribution is 14.2. The number of halogens is 1. The van der Waals surface area contributed by atoms with Crippen LogP contribution >= 0.6 is 30.1 Å². The Morgan fingerprint density at radius 2 is 2.22 bits per heavy atom. The molecular formula is C6H6INS. The lowest BCUT2D eigenvalue weighted by atomic mass is 10.3. The first-order valence-corrected chi connectivity index (χ1v) is 5.83. The van der Waals surface area contributed by atoms with Gasteiger partial charge in [-0.3, -0.25) is 0 Å². The standard InChI is InChI=1S/C6H6INS/c7-9-6-3-1-2-5(8)4-6/h1-4H,8H2. The molecule has 0 aliphatic carbocycles. The molecule has 3 heteroatoms. The fraction of sp³-hybridized carbons (Fsp3) is 0. The van der Waals surface area contributed by atoms with Gasteiger partial charge in [0.1, 0.15) is 0 Å². The molecule has 0 heterocycles. The van der Waals surface area contributed by atoms with E-state index in [0.717, 1.165) is 5.69 Å². The van der Waals surface area contributed by atoms with E-state index in [-0.39, 0.29) is 0 Å².